The first-order valence-electron chi connectivity index (χ1n) is 14.4. The average Bonchev–Trinajstić information content (AvgIpc) is 3.01. The number of nitrogens with two attached hydrogens (primary N) is 1. The number of para-hydroxylation sites is 2. The Balaban J connectivity index is 1.35. The fourth-order valence-corrected chi connectivity index (χ4v) is 5.75. The van der Waals surface area contributed by atoms with E-state index in [2.05, 4.69) is 5.32 Å². The number of phenolic OH excluding ortho intramolecular Hbond substituents is 1. The average molecular weight is 577 g/mol. The number of carbonyl (C=O) groups is 3. The van der Waals surface area contributed by atoms with Crippen molar-refractivity contribution < 1.29 is 19.5 Å². The molecule has 3 amide bonds. The highest BCUT2D eigenvalue weighted by Gasteiger charge is 2.37. The van der Waals surface area contributed by atoms with Crippen molar-refractivity contribution >= 4 is 29.1 Å². The van der Waals surface area contributed by atoms with Gasteiger partial charge in [0.2, 0.25) is 11.8 Å². The molecule has 0 saturated heterocycles. The minimum atomic E-state index is -0.893. The molecule has 0 aliphatic carbocycles. The van der Waals surface area contributed by atoms with Crippen LogP contribution in [0.5, 0.6) is 5.75 Å². The Morgan fingerprint density at radius 3 is 2.00 bits per heavy atom. The van der Waals surface area contributed by atoms with Crippen LogP contribution in [0.4, 0.5) is 11.4 Å². The summed E-state index contributed by atoms with van der Waals surface area (Å²) in [5, 5.41) is 12.7. The molecule has 220 valence electrons. The van der Waals surface area contributed by atoms with Gasteiger partial charge in [-0.05, 0) is 84.5 Å². The first-order valence-corrected chi connectivity index (χ1v) is 14.4. The number of nitrogens with zero attached hydrogens (tertiary/aromatic N) is 2. The molecule has 5 rings (SSSR count). The molecule has 1 aliphatic heterocycles. The highest BCUT2D eigenvalue weighted by molar-refractivity contribution is 6.03. The summed E-state index contributed by atoms with van der Waals surface area (Å²) in [6.07, 6.45) is 0.581. The van der Waals surface area contributed by atoms with E-state index in [9.17, 15) is 19.5 Å². The van der Waals surface area contributed by atoms with E-state index in [1.165, 1.54) is 4.90 Å². The number of fused-ring (bicyclic) bond motifs is 1. The molecule has 0 bridgehead atoms. The van der Waals surface area contributed by atoms with Crippen LogP contribution in [-0.4, -0.2) is 46.4 Å². The molecule has 4 aromatic carbocycles. The second-order valence-corrected chi connectivity index (χ2v) is 10.9. The second-order valence-electron chi connectivity index (χ2n) is 10.9. The Labute approximate surface area is 251 Å². The van der Waals surface area contributed by atoms with Gasteiger partial charge in [-0.3, -0.25) is 19.3 Å². The standard InChI is InChI=1S/C35H36N4O4/c1-23-17-29(40)18-24(2)30(23)20-31(36)35(43)38-22-26-12-10-9-11-25(26)19-32(38)34(42)37-21-33(41)39(27-13-5-3-6-14-27)28-15-7-4-8-16-28/h3-18,31-32,40H,19-22,36H2,1-2H3,(H,37,42)/t31-,32+/m0/s1. The Hall–Kier alpha value is -4.95. The van der Waals surface area contributed by atoms with Gasteiger partial charge in [-0.25, -0.2) is 0 Å². The molecule has 8 heteroatoms. The number of phenols is 1. The van der Waals surface area contributed by atoms with E-state index >= 15 is 0 Å². The van der Waals surface area contributed by atoms with E-state index < -0.39 is 18.0 Å². The molecule has 0 unspecified atom stereocenters. The summed E-state index contributed by atoms with van der Waals surface area (Å²) >= 11 is 0. The van der Waals surface area contributed by atoms with Gasteiger partial charge < -0.3 is 21.1 Å². The van der Waals surface area contributed by atoms with Gasteiger partial charge in [0.1, 0.15) is 11.8 Å². The Kier molecular flexibility index (Phi) is 8.87. The summed E-state index contributed by atoms with van der Waals surface area (Å²) in [4.78, 5) is 44.2. The van der Waals surface area contributed by atoms with E-state index in [-0.39, 0.29) is 37.1 Å². The minimum absolute atomic E-state index is 0.163. The normalized spacial score (nSPS) is 14.9. The number of amides is 3. The number of carbonyl (C=O) groups excluding carboxylic acids is 3. The number of nitrogens with one attached hydrogen (secondary N) is 1. The lowest BCUT2D eigenvalue weighted by atomic mass is 9.91. The van der Waals surface area contributed by atoms with Crippen LogP contribution in [0.15, 0.2) is 97.1 Å². The van der Waals surface area contributed by atoms with Crippen molar-refractivity contribution in [3.05, 3.63) is 125 Å². The predicted molar refractivity (Wildman–Crippen MR) is 167 cm³/mol. The number of hydrogen-bond donors (Lipinski definition) is 3. The Morgan fingerprint density at radius 1 is 0.884 bits per heavy atom. The molecule has 0 aromatic heterocycles. The fourth-order valence-electron chi connectivity index (χ4n) is 5.75. The van der Waals surface area contributed by atoms with Crippen LogP contribution in [0.25, 0.3) is 0 Å². The van der Waals surface area contributed by atoms with Crippen molar-refractivity contribution in [2.24, 2.45) is 5.73 Å². The van der Waals surface area contributed by atoms with Crippen LogP contribution in [0.2, 0.25) is 0 Å². The van der Waals surface area contributed by atoms with Gasteiger partial charge in [0.15, 0.2) is 0 Å². The van der Waals surface area contributed by atoms with E-state index in [1.54, 1.807) is 17.0 Å². The molecule has 4 aromatic rings. The molecule has 0 spiro atoms. The van der Waals surface area contributed by atoms with Gasteiger partial charge in [-0.1, -0.05) is 60.7 Å². The fraction of sp³-hybridized carbons (Fsp3) is 0.229. The lowest BCUT2D eigenvalue weighted by Gasteiger charge is -2.37. The van der Waals surface area contributed by atoms with E-state index in [4.69, 9.17) is 5.73 Å². The van der Waals surface area contributed by atoms with Gasteiger partial charge in [0.05, 0.1) is 12.6 Å². The number of anilines is 2. The third-order valence-corrected chi connectivity index (χ3v) is 7.95. The first kappa shape index (κ1) is 29.5. The smallest absolute Gasteiger partial charge is 0.250 e. The molecule has 0 radical (unpaired) electrons. The number of hydrogen-bond acceptors (Lipinski definition) is 5. The van der Waals surface area contributed by atoms with Crippen molar-refractivity contribution in [3.8, 4) is 5.75 Å². The first-order chi connectivity index (χ1) is 20.7. The third kappa shape index (κ3) is 6.60. The van der Waals surface area contributed by atoms with Gasteiger partial charge >= 0.3 is 0 Å². The van der Waals surface area contributed by atoms with Gasteiger partial charge in [0.25, 0.3) is 5.91 Å². The SMILES string of the molecule is Cc1cc(O)cc(C)c1C[C@H](N)C(=O)N1Cc2ccccc2C[C@@H]1C(=O)NCC(=O)N(c1ccccc1)c1ccccc1. The third-order valence-electron chi connectivity index (χ3n) is 7.95. The summed E-state index contributed by atoms with van der Waals surface area (Å²) in [7, 11) is 0. The maximum absolute atomic E-state index is 13.8. The van der Waals surface area contributed by atoms with Crippen LogP contribution >= 0.6 is 0 Å². The molecule has 0 fully saturated rings. The summed E-state index contributed by atoms with van der Waals surface area (Å²) in [6, 6.07) is 27.8. The minimum Gasteiger partial charge on any atom is -0.508 e. The Bertz CT molecular complexity index is 1560. The van der Waals surface area contributed by atoms with Crippen molar-refractivity contribution in [3.63, 3.8) is 0 Å². The molecule has 1 aliphatic rings. The number of aromatic hydroxyl groups is 1. The van der Waals surface area contributed by atoms with Gasteiger partial charge in [0, 0.05) is 24.3 Å². The molecule has 8 nitrogen and oxygen atoms in total. The zero-order valence-electron chi connectivity index (χ0n) is 24.4. The summed E-state index contributed by atoms with van der Waals surface area (Å²) in [6.45, 7) is 3.73. The van der Waals surface area contributed by atoms with Crippen molar-refractivity contribution in [1.29, 1.82) is 0 Å². The van der Waals surface area contributed by atoms with E-state index in [0.717, 1.165) is 27.8 Å². The topological polar surface area (TPSA) is 116 Å². The summed E-state index contributed by atoms with van der Waals surface area (Å²) in [5.74, 6) is -0.907. The molecule has 2 atom stereocenters. The van der Waals surface area contributed by atoms with Crippen LogP contribution in [0.3, 0.4) is 0 Å². The van der Waals surface area contributed by atoms with Crippen molar-refractivity contribution in [1.82, 2.24) is 10.2 Å². The lowest BCUT2D eigenvalue weighted by molar-refractivity contribution is -0.143. The van der Waals surface area contributed by atoms with Gasteiger partial charge in [-0.15, -0.1) is 0 Å². The van der Waals surface area contributed by atoms with Crippen LogP contribution in [0, 0.1) is 13.8 Å². The summed E-state index contributed by atoms with van der Waals surface area (Å²) in [5.41, 5.74) is 12.4. The van der Waals surface area contributed by atoms with Crippen molar-refractivity contribution in [2.75, 3.05) is 11.4 Å². The zero-order valence-corrected chi connectivity index (χ0v) is 24.4. The number of aryl methyl sites for hydroxylation is 2. The lowest BCUT2D eigenvalue weighted by Crippen LogP contribution is -2.57. The van der Waals surface area contributed by atoms with E-state index in [1.807, 2.05) is 98.8 Å². The van der Waals surface area contributed by atoms with Gasteiger partial charge in [-0.2, -0.15) is 0 Å². The number of rotatable bonds is 8. The highest BCUT2D eigenvalue weighted by Crippen LogP contribution is 2.27. The molecular weight excluding hydrogens is 540 g/mol. The van der Waals surface area contributed by atoms with E-state index in [0.29, 0.717) is 17.8 Å². The predicted octanol–water partition coefficient (Wildman–Crippen LogP) is 4.31. The summed E-state index contributed by atoms with van der Waals surface area (Å²) < 4.78 is 0. The van der Waals surface area contributed by atoms with Crippen LogP contribution in [0.1, 0.15) is 27.8 Å². The second kappa shape index (κ2) is 12.9. The van der Waals surface area contributed by atoms with Crippen LogP contribution in [-0.2, 0) is 33.8 Å². The largest absolute Gasteiger partial charge is 0.508 e. The maximum Gasteiger partial charge on any atom is 0.250 e. The molecule has 0 saturated carbocycles. The van der Waals surface area contributed by atoms with Crippen LogP contribution < -0.4 is 16.0 Å². The highest BCUT2D eigenvalue weighted by atomic mass is 16.3. The zero-order chi connectivity index (χ0) is 30.5. The molecule has 43 heavy (non-hydrogen) atoms. The quantitative estimate of drug-likeness (QED) is 0.289. The van der Waals surface area contributed by atoms with Crippen molar-refractivity contribution in [2.45, 2.75) is 45.3 Å². The monoisotopic (exact) mass is 576 g/mol. The maximum atomic E-state index is 13.8. The Morgan fingerprint density at radius 2 is 1.42 bits per heavy atom. The molecule has 4 N–H and O–H groups in total. The molecule has 1 heterocycles. The molecular formula is C35H36N4O4. The number of benzene rings is 4.